The average molecular weight is 294 g/mol. The summed E-state index contributed by atoms with van der Waals surface area (Å²) in [6, 6.07) is 3.96. The third kappa shape index (κ3) is 2.39. The van der Waals surface area contributed by atoms with Crippen molar-refractivity contribution in [3.05, 3.63) is 34.9 Å². The minimum absolute atomic E-state index is 0.345. The largest absolute Gasteiger partial charge is 0.464 e. The predicted molar refractivity (Wildman–Crippen MR) is 76.3 cm³/mol. The number of hydrogen-bond donors (Lipinski definition) is 1. The molecule has 1 unspecified atom stereocenters. The monoisotopic (exact) mass is 293 g/mol. The molecule has 6 heteroatoms. The Balaban J connectivity index is 2.05. The molecule has 106 valence electrons. The van der Waals surface area contributed by atoms with Gasteiger partial charge in [0.15, 0.2) is 5.69 Å². The lowest BCUT2D eigenvalue weighted by molar-refractivity contribution is 0.0596. The van der Waals surface area contributed by atoms with Gasteiger partial charge in [-0.2, -0.15) is 0 Å². The van der Waals surface area contributed by atoms with Crippen molar-refractivity contribution < 1.29 is 9.53 Å². The maximum atomic E-state index is 11.8. The number of nitrogens with one attached hydrogen (secondary N) is 1. The summed E-state index contributed by atoms with van der Waals surface area (Å²) < 4.78 is 6.68. The molecular formula is C14H16ClN3O2. The molecule has 2 aromatic heterocycles. The molecule has 20 heavy (non-hydrogen) atoms. The van der Waals surface area contributed by atoms with E-state index in [1.165, 1.54) is 13.5 Å². The molecule has 3 rings (SSSR count). The SMILES string of the molecule is COC(=O)c1nc(CC2CCCN2)n2cc(Cl)ccc12. The second-order valence-electron chi connectivity index (χ2n) is 4.97. The number of aromatic nitrogens is 2. The molecule has 0 bridgehead atoms. The topological polar surface area (TPSA) is 55.6 Å². The molecule has 0 spiro atoms. The number of halogens is 1. The van der Waals surface area contributed by atoms with Crippen molar-refractivity contribution in [2.24, 2.45) is 0 Å². The number of hydrogen-bond acceptors (Lipinski definition) is 4. The van der Waals surface area contributed by atoms with Crippen molar-refractivity contribution in [2.75, 3.05) is 13.7 Å². The molecule has 1 aliphatic rings. The lowest BCUT2D eigenvalue weighted by Crippen LogP contribution is -2.24. The number of carbonyl (C=O) groups excluding carboxylic acids is 1. The van der Waals surface area contributed by atoms with E-state index in [9.17, 15) is 4.79 Å². The van der Waals surface area contributed by atoms with Crippen molar-refractivity contribution in [1.82, 2.24) is 14.7 Å². The molecule has 5 nitrogen and oxygen atoms in total. The first kappa shape index (κ1) is 13.4. The summed E-state index contributed by atoms with van der Waals surface area (Å²) in [4.78, 5) is 16.3. The molecule has 0 amide bonds. The Hall–Kier alpha value is -1.59. The third-order valence-corrected chi connectivity index (χ3v) is 3.87. The predicted octanol–water partition coefficient (Wildman–Crippen LogP) is 2.07. The Morgan fingerprint density at radius 2 is 2.45 bits per heavy atom. The minimum Gasteiger partial charge on any atom is -0.464 e. The molecule has 1 aliphatic heterocycles. The fourth-order valence-electron chi connectivity index (χ4n) is 2.66. The van der Waals surface area contributed by atoms with Crippen LogP contribution in [0.15, 0.2) is 18.3 Å². The van der Waals surface area contributed by atoms with Gasteiger partial charge in [-0.05, 0) is 31.5 Å². The molecule has 3 heterocycles. The van der Waals surface area contributed by atoms with E-state index in [0.29, 0.717) is 16.8 Å². The van der Waals surface area contributed by atoms with Crippen LogP contribution in [0.5, 0.6) is 0 Å². The van der Waals surface area contributed by atoms with E-state index in [-0.39, 0.29) is 0 Å². The molecular weight excluding hydrogens is 278 g/mol. The Kier molecular flexibility index (Phi) is 3.63. The molecule has 1 saturated heterocycles. The molecule has 0 saturated carbocycles. The lowest BCUT2D eigenvalue weighted by atomic mass is 10.1. The maximum Gasteiger partial charge on any atom is 0.358 e. The van der Waals surface area contributed by atoms with Crippen LogP contribution in [0.3, 0.4) is 0 Å². The van der Waals surface area contributed by atoms with E-state index >= 15 is 0 Å². The van der Waals surface area contributed by atoms with Gasteiger partial charge in [0, 0.05) is 18.7 Å². The van der Waals surface area contributed by atoms with Crippen LogP contribution < -0.4 is 5.32 Å². The van der Waals surface area contributed by atoms with E-state index in [2.05, 4.69) is 10.3 Å². The van der Waals surface area contributed by atoms with E-state index < -0.39 is 5.97 Å². The number of esters is 1. The number of carbonyl (C=O) groups is 1. The molecule has 1 fully saturated rings. The number of fused-ring (bicyclic) bond motifs is 1. The zero-order valence-corrected chi connectivity index (χ0v) is 12.0. The van der Waals surface area contributed by atoms with Gasteiger partial charge in [0.1, 0.15) is 5.82 Å². The number of nitrogens with zero attached hydrogens (tertiary/aromatic N) is 2. The summed E-state index contributed by atoms with van der Waals surface area (Å²) in [6.07, 6.45) is 4.88. The fourth-order valence-corrected chi connectivity index (χ4v) is 2.82. The van der Waals surface area contributed by atoms with E-state index in [0.717, 1.165) is 30.7 Å². The van der Waals surface area contributed by atoms with Crippen molar-refractivity contribution in [2.45, 2.75) is 25.3 Å². The van der Waals surface area contributed by atoms with Crippen LogP contribution in [0.4, 0.5) is 0 Å². The number of ether oxygens (including phenoxy) is 1. The summed E-state index contributed by atoms with van der Waals surface area (Å²) in [5, 5.41) is 4.05. The second kappa shape index (κ2) is 5.42. The normalized spacial score (nSPS) is 18.6. The van der Waals surface area contributed by atoms with Crippen molar-refractivity contribution >= 4 is 23.1 Å². The first-order valence-corrected chi connectivity index (χ1v) is 7.05. The van der Waals surface area contributed by atoms with Crippen LogP contribution in [-0.2, 0) is 11.2 Å². The summed E-state index contributed by atoms with van der Waals surface area (Å²) >= 11 is 6.05. The second-order valence-corrected chi connectivity index (χ2v) is 5.40. The highest BCUT2D eigenvalue weighted by Gasteiger charge is 2.22. The number of methoxy groups -OCH3 is 1. The molecule has 1 atom stereocenters. The van der Waals surface area contributed by atoms with E-state index in [1.54, 1.807) is 18.3 Å². The molecule has 2 aromatic rings. The zero-order valence-electron chi connectivity index (χ0n) is 11.2. The molecule has 0 radical (unpaired) electrons. The highest BCUT2D eigenvalue weighted by atomic mass is 35.5. The Labute approximate surface area is 121 Å². The lowest BCUT2D eigenvalue weighted by Gasteiger charge is -2.08. The number of pyridine rings is 1. The fraction of sp³-hybridized carbons (Fsp3) is 0.429. The maximum absolute atomic E-state index is 11.8. The summed E-state index contributed by atoms with van der Waals surface area (Å²) in [5.41, 5.74) is 1.08. The van der Waals surface area contributed by atoms with Crippen LogP contribution >= 0.6 is 11.6 Å². The van der Waals surface area contributed by atoms with Gasteiger partial charge in [-0.3, -0.25) is 0 Å². The van der Waals surface area contributed by atoms with Gasteiger partial charge in [0.25, 0.3) is 0 Å². The molecule has 1 N–H and O–H groups in total. The zero-order chi connectivity index (χ0) is 14.1. The van der Waals surface area contributed by atoms with Crippen LogP contribution in [0.25, 0.3) is 5.52 Å². The van der Waals surface area contributed by atoms with Crippen molar-refractivity contribution in [3.8, 4) is 0 Å². The summed E-state index contributed by atoms with van der Waals surface area (Å²) in [6.45, 7) is 1.04. The van der Waals surface area contributed by atoms with Gasteiger partial charge in [0.2, 0.25) is 0 Å². The van der Waals surface area contributed by atoms with Crippen molar-refractivity contribution in [1.29, 1.82) is 0 Å². The van der Waals surface area contributed by atoms with Crippen LogP contribution in [0, 0.1) is 0 Å². The van der Waals surface area contributed by atoms with E-state index in [1.807, 2.05) is 4.40 Å². The highest BCUT2D eigenvalue weighted by molar-refractivity contribution is 6.30. The average Bonchev–Trinajstić information content (AvgIpc) is 3.07. The highest BCUT2D eigenvalue weighted by Crippen LogP contribution is 2.20. The van der Waals surface area contributed by atoms with Gasteiger partial charge < -0.3 is 14.5 Å². The van der Waals surface area contributed by atoms with Gasteiger partial charge in [-0.1, -0.05) is 11.6 Å². The van der Waals surface area contributed by atoms with Crippen LogP contribution in [-0.4, -0.2) is 35.1 Å². The quantitative estimate of drug-likeness (QED) is 0.880. The number of rotatable bonds is 3. The molecule has 0 aliphatic carbocycles. The Bertz CT molecular complexity index is 647. The van der Waals surface area contributed by atoms with Crippen molar-refractivity contribution in [3.63, 3.8) is 0 Å². The first-order valence-electron chi connectivity index (χ1n) is 6.67. The third-order valence-electron chi connectivity index (χ3n) is 3.64. The van der Waals surface area contributed by atoms with E-state index in [4.69, 9.17) is 16.3 Å². The Morgan fingerprint density at radius 3 is 3.15 bits per heavy atom. The minimum atomic E-state index is -0.421. The first-order chi connectivity index (χ1) is 9.69. The summed E-state index contributed by atoms with van der Waals surface area (Å²) in [5.74, 6) is 0.415. The number of imidazole rings is 1. The van der Waals surface area contributed by atoms with Gasteiger partial charge in [-0.25, -0.2) is 9.78 Å². The molecule has 0 aromatic carbocycles. The van der Waals surface area contributed by atoms with Crippen LogP contribution in [0.2, 0.25) is 5.02 Å². The van der Waals surface area contributed by atoms with Gasteiger partial charge >= 0.3 is 5.97 Å². The summed E-state index contributed by atoms with van der Waals surface area (Å²) in [7, 11) is 1.36. The van der Waals surface area contributed by atoms with Crippen LogP contribution in [0.1, 0.15) is 29.2 Å². The van der Waals surface area contributed by atoms with Gasteiger partial charge in [0.05, 0.1) is 17.6 Å². The Morgan fingerprint density at radius 1 is 1.60 bits per heavy atom. The van der Waals surface area contributed by atoms with Gasteiger partial charge in [-0.15, -0.1) is 0 Å². The smallest absolute Gasteiger partial charge is 0.358 e. The standard InChI is InChI=1S/C14H16ClN3O2/c1-20-14(19)13-11-5-4-9(15)8-18(11)12(17-13)7-10-3-2-6-16-10/h4-5,8,10,16H,2-3,6-7H2,1H3.